The maximum Gasteiger partial charge on any atom is 0.344 e. The van der Waals surface area contributed by atoms with Crippen LogP contribution in [0.1, 0.15) is 55.9 Å². The number of rotatable bonds is 4. The summed E-state index contributed by atoms with van der Waals surface area (Å²) in [4.78, 5) is 40.9. The highest BCUT2D eigenvalue weighted by atomic mass is 32.1. The van der Waals surface area contributed by atoms with E-state index in [0.717, 1.165) is 43.7 Å². The van der Waals surface area contributed by atoms with E-state index in [4.69, 9.17) is 0 Å². The monoisotopic (exact) mass is 376 g/mol. The summed E-state index contributed by atoms with van der Waals surface area (Å²) in [5, 5.41) is 5.75. The molecular formula is C18H24N4O3S. The minimum atomic E-state index is -0.810. The number of likely N-dealkylation sites (tertiary alicyclic amines) is 1. The number of imide groups is 1. The van der Waals surface area contributed by atoms with Gasteiger partial charge in [0.1, 0.15) is 5.54 Å². The number of nitrogens with zero attached hydrogens (tertiary/aromatic N) is 2. The summed E-state index contributed by atoms with van der Waals surface area (Å²) < 4.78 is 0. The van der Waals surface area contributed by atoms with Crippen LogP contribution in [0, 0.1) is 0 Å². The topological polar surface area (TPSA) is 81.8 Å². The van der Waals surface area contributed by atoms with Crippen molar-refractivity contribution in [1.29, 1.82) is 0 Å². The standard InChI is InChI=1S/C18H24N4O3S/c23-15(12-21-10-4-6-13(21)14-7-5-11-26-14)20-22-16(24)18(19-17(22)25)8-2-1-3-9-18/h5,7,11,13H,1-4,6,8-10,12H2,(H,19,25)(H,20,23)/t13-/m1/s1. The molecule has 3 aliphatic rings. The fourth-order valence-electron chi connectivity index (χ4n) is 4.38. The fourth-order valence-corrected chi connectivity index (χ4v) is 5.27. The zero-order valence-corrected chi connectivity index (χ0v) is 15.5. The lowest BCUT2D eigenvalue weighted by Gasteiger charge is -2.30. The molecule has 3 heterocycles. The van der Waals surface area contributed by atoms with Crippen LogP contribution in [-0.4, -0.2) is 46.4 Å². The number of hydrogen-bond acceptors (Lipinski definition) is 5. The van der Waals surface area contributed by atoms with Crippen LogP contribution in [0.15, 0.2) is 17.5 Å². The molecule has 2 N–H and O–H groups in total. The Labute approximate surface area is 156 Å². The molecule has 1 atom stereocenters. The van der Waals surface area contributed by atoms with Gasteiger partial charge in [0, 0.05) is 10.9 Å². The van der Waals surface area contributed by atoms with Gasteiger partial charge in [-0.2, -0.15) is 5.01 Å². The first-order valence-corrected chi connectivity index (χ1v) is 10.2. The van der Waals surface area contributed by atoms with Crippen molar-refractivity contribution in [3.63, 3.8) is 0 Å². The number of carbonyl (C=O) groups is 3. The van der Waals surface area contributed by atoms with Crippen molar-refractivity contribution in [2.75, 3.05) is 13.1 Å². The third-order valence-corrected chi connectivity index (χ3v) is 6.66. The molecule has 2 saturated heterocycles. The van der Waals surface area contributed by atoms with Gasteiger partial charge < -0.3 is 5.32 Å². The number of hydrazine groups is 1. The van der Waals surface area contributed by atoms with E-state index in [0.29, 0.717) is 12.8 Å². The lowest BCUT2D eigenvalue weighted by atomic mass is 9.82. The van der Waals surface area contributed by atoms with Crippen LogP contribution in [-0.2, 0) is 9.59 Å². The van der Waals surface area contributed by atoms with Gasteiger partial charge in [-0.15, -0.1) is 11.3 Å². The van der Waals surface area contributed by atoms with Crippen LogP contribution < -0.4 is 10.7 Å². The van der Waals surface area contributed by atoms with Gasteiger partial charge in [0.25, 0.3) is 11.8 Å². The summed E-state index contributed by atoms with van der Waals surface area (Å²) in [5.74, 6) is -0.628. The van der Waals surface area contributed by atoms with Crippen LogP contribution in [0.4, 0.5) is 4.79 Å². The molecule has 1 aromatic heterocycles. The number of nitrogens with one attached hydrogen (secondary N) is 2. The van der Waals surface area contributed by atoms with Gasteiger partial charge in [-0.05, 0) is 43.7 Å². The van der Waals surface area contributed by atoms with E-state index < -0.39 is 11.6 Å². The predicted molar refractivity (Wildman–Crippen MR) is 97.2 cm³/mol. The van der Waals surface area contributed by atoms with Crippen molar-refractivity contribution in [2.45, 2.75) is 56.5 Å². The molecule has 8 heteroatoms. The highest BCUT2D eigenvalue weighted by Crippen LogP contribution is 2.35. The Morgan fingerprint density at radius 1 is 1.27 bits per heavy atom. The Balaban J connectivity index is 1.39. The molecule has 1 spiro atoms. The first-order chi connectivity index (χ1) is 12.6. The second kappa shape index (κ2) is 7.00. The zero-order valence-electron chi connectivity index (χ0n) is 14.7. The number of amides is 4. The number of hydrogen-bond donors (Lipinski definition) is 2. The van der Waals surface area contributed by atoms with Crippen LogP contribution >= 0.6 is 11.3 Å². The van der Waals surface area contributed by atoms with E-state index in [1.807, 2.05) is 11.4 Å². The van der Waals surface area contributed by atoms with E-state index in [-0.39, 0.29) is 24.4 Å². The molecule has 140 valence electrons. The van der Waals surface area contributed by atoms with Gasteiger partial charge >= 0.3 is 6.03 Å². The molecule has 4 amide bonds. The Bertz CT molecular complexity index is 699. The molecule has 4 rings (SSSR count). The van der Waals surface area contributed by atoms with Gasteiger partial charge in [-0.25, -0.2) is 4.79 Å². The van der Waals surface area contributed by atoms with E-state index in [1.54, 1.807) is 11.3 Å². The fraction of sp³-hybridized carbons (Fsp3) is 0.611. The smallest absolute Gasteiger partial charge is 0.322 e. The second-order valence-electron chi connectivity index (χ2n) is 7.39. The first-order valence-electron chi connectivity index (χ1n) is 9.33. The molecule has 1 saturated carbocycles. The molecule has 0 radical (unpaired) electrons. The molecule has 0 aromatic carbocycles. The van der Waals surface area contributed by atoms with Crippen molar-refractivity contribution in [1.82, 2.24) is 20.7 Å². The van der Waals surface area contributed by atoms with Crippen LogP contribution in [0.2, 0.25) is 0 Å². The van der Waals surface area contributed by atoms with Gasteiger partial charge in [0.05, 0.1) is 6.54 Å². The van der Waals surface area contributed by atoms with E-state index in [9.17, 15) is 14.4 Å². The van der Waals surface area contributed by atoms with Crippen molar-refractivity contribution in [3.8, 4) is 0 Å². The SMILES string of the molecule is O=C(CN1CCC[C@@H]1c1cccs1)NN1C(=O)NC2(CCCCC2)C1=O. The highest BCUT2D eigenvalue weighted by Gasteiger charge is 2.52. The Hall–Kier alpha value is -1.93. The third kappa shape index (κ3) is 3.12. The lowest BCUT2D eigenvalue weighted by molar-refractivity contribution is -0.140. The minimum Gasteiger partial charge on any atom is -0.322 e. The maximum atomic E-state index is 12.7. The molecule has 1 aliphatic carbocycles. The first kappa shape index (κ1) is 17.5. The van der Waals surface area contributed by atoms with Crippen molar-refractivity contribution < 1.29 is 14.4 Å². The maximum absolute atomic E-state index is 12.7. The van der Waals surface area contributed by atoms with Gasteiger partial charge in [0.2, 0.25) is 0 Å². The van der Waals surface area contributed by atoms with Gasteiger partial charge in [-0.1, -0.05) is 25.3 Å². The van der Waals surface area contributed by atoms with Crippen LogP contribution in [0.25, 0.3) is 0 Å². The highest BCUT2D eigenvalue weighted by molar-refractivity contribution is 7.10. The van der Waals surface area contributed by atoms with Crippen LogP contribution in [0.3, 0.4) is 0 Å². The Kier molecular flexibility index (Phi) is 4.71. The summed E-state index contributed by atoms with van der Waals surface area (Å²) in [6, 6.07) is 3.85. The van der Waals surface area contributed by atoms with Crippen molar-refractivity contribution in [2.24, 2.45) is 0 Å². The largest absolute Gasteiger partial charge is 0.344 e. The molecule has 0 bridgehead atoms. The quantitative estimate of drug-likeness (QED) is 0.789. The average molecular weight is 376 g/mol. The molecule has 0 unspecified atom stereocenters. The molecule has 1 aromatic rings. The normalized spacial score (nSPS) is 25.7. The molecular weight excluding hydrogens is 352 g/mol. The Morgan fingerprint density at radius 3 is 2.81 bits per heavy atom. The third-order valence-electron chi connectivity index (χ3n) is 5.69. The van der Waals surface area contributed by atoms with Crippen molar-refractivity contribution >= 4 is 29.2 Å². The number of urea groups is 1. The summed E-state index contributed by atoms with van der Waals surface area (Å²) in [6.45, 7) is 1.03. The molecule has 26 heavy (non-hydrogen) atoms. The van der Waals surface area contributed by atoms with E-state index in [1.165, 1.54) is 4.88 Å². The predicted octanol–water partition coefficient (Wildman–Crippen LogP) is 2.17. The van der Waals surface area contributed by atoms with E-state index in [2.05, 4.69) is 21.7 Å². The number of carbonyl (C=O) groups excluding carboxylic acids is 3. The molecule has 2 aliphatic heterocycles. The minimum absolute atomic E-state index is 0.187. The average Bonchev–Trinajstić information content (AvgIpc) is 3.34. The van der Waals surface area contributed by atoms with Crippen molar-refractivity contribution in [3.05, 3.63) is 22.4 Å². The van der Waals surface area contributed by atoms with Gasteiger partial charge in [-0.3, -0.25) is 19.9 Å². The molecule has 7 nitrogen and oxygen atoms in total. The van der Waals surface area contributed by atoms with Gasteiger partial charge in [0.15, 0.2) is 0 Å². The zero-order chi connectivity index (χ0) is 18.1. The lowest BCUT2D eigenvalue weighted by Crippen LogP contribution is -2.52. The number of thiophene rings is 1. The summed E-state index contributed by atoms with van der Waals surface area (Å²) in [7, 11) is 0. The summed E-state index contributed by atoms with van der Waals surface area (Å²) in [5.41, 5.74) is 1.73. The second-order valence-corrected chi connectivity index (χ2v) is 8.37. The van der Waals surface area contributed by atoms with Crippen LogP contribution in [0.5, 0.6) is 0 Å². The molecule has 3 fully saturated rings. The Morgan fingerprint density at radius 2 is 2.08 bits per heavy atom. The van der Waals surface area contributed by atoms with E-state index >= 15 is 0 Å². The summed E-state index contributed by atoms with van der Waals surface area (Å²) >= 11 is 1.70. The summed E-state index contributed by atoms with van der Waals surface area (Å²) in [6.07, 6.45) is 6.29.